The van der Waals surface area contributed by atoms with Gasteiger partial charge in [0.05, 0.1) is 11.9 Å². The molecule has 0 unspecified atom stereocenters. The van der Waals surface area contributed by atoms with Gasteiger partial charge in [-0.25, -0.2) is 4.98 Å². The average Bonchev–Trinajstić information content (AvgIpc) is 2.95. The molecule has 0 bridgehead atoms. The van der Waals surface area contributed by atoms with Crippen LogP contribution in [0.5, 0.6) is 0 Å². The van der Waals surface area contributed by atoms with Gasteiger partial charge in [-0.1, -0.05) is 36.3 Å². The lowest BCUT2D eigenvalue weighted by molar-refractivity contribution is -0.118. The first-order chi connectivity index (χ1) is 9.76. The van der Waals surface area contributed by atoms with Gasteiger partial charge in [0, 0.05) is 11.8 Å². The monoisotopic (exact) mass is 267 g/mol. The van der Waals surface area contributed by atoms with Crippen molar-refractivity contribution in [2.45, 2.75) is 19.8 Å². The third kappa shape index (κ3) is 2.42. The van der Waals surface area contributed by atoms with Crippen molar-refractivity contribution in [1.29, 1.82) is 0 Å². The molecule has 0 saturated heterocycles. The molecule has 0 atom stereocenters. The van der Waals surface area contributed by atoms with Crippen molar-refractivity contribution < 1.29 is 9.32 Å². The van der Waals surface area contributed by atoms with Crippen molar-refractivity contribution in [2.24, 2.45) is 0 Å². The highest BCUT2D eigenvalue weighted by Gasteiger charge is 2.12. The van der Waals surface area contributed by atoms with Crippen molar-refractivity contribution in [3.63, 3.8) is 0 Å². The number of rotatable bonds is 4. The maximum absolute atomic E-state index is 11.4. The normalized spacial score (nSPS) is 10.8. The second-order valence-corrected chi connectivity index (χ2v) is 4.47. The Labute approximate surface area is 115 Å². The molecule has 0 N–H and O–H groups in total. The summed E-state index contributed by atoms with van der Waals surface area (Å²) in [6.45, 7) is 1.81. The van der Waals surface area contributed by atoms with Gasteiger partial charge in [-0.2, -0.15) is 4.98 Å². The fourth-order valence-corrected chi connectivity index (χ4v) is 1.91. The molecule has 0 fully saturated rings. The molecule has 5 heteroatoms. The third-order valence-corrected chi connectivity index (χ3v) is 3.04. The number of para-hydroxylation sites is 1. The number of nitrogens with zero attached hydrogens (tertiary/aromatic N) is 3. The molecule has 2 heterocycles. The van der Waals surface area contributed by atoms with Crippen molar-refractivity contribution in [3.8, 4) is 11.5 Å². The van der Waals surface area contributed by atoms with Crippen LogP contribution in [0.25, 0.3) is 22.4 Å². The van der Waals surface area contributed by atoms with E-state index in [9.17, 15) is 4.79 Å². The predicted molar refractivity (Wildman–Crippen MR) is 74.0 cm³/mol. The maximum Gasteiger partial charge on any atom is 0.234 e. The zero-order valence-electron chi connectivity index (χ0n) is 11.0. The second-order valence-electron chi connectivity index (χ2n) is 4.47. The Morgan fingerprint density at radius 1 is 1.15 bits per heavy atom. The minimum atomic E-state index is 0.0756. The third-order valence-electron chi connectivity index (χ3n) is 3.04. The lowest BCUT2D eigenvalue weighted by Gasteiger charge is -1.98. The summed E-state index contributed by atoms with van der Waals surface area (Å²) in [5.74, 6) is 0.822. The number of aromatic nitrogens is 3. The summed E-state index contributed by atoms with van der Waals surface area (Å²) in [4.78, 5) is 20.1. The standard InChI is InChI=1S/C15H13N3O2/c1-2-11(19)9-14-17-15(18-20-14)13-8-7-10-5-3-4-6-12(10)16-13/h3-8H,2,9H2,1H3. The molecule has 2 aromatic heterocycles. The number of pyridine rings is 1. The molecule has 0 saturated carbocycles. The highest BCUT2D eigenvalue weighted by molar-refractivity contribution is 5.81. The van der Waals surface area contributed by atoms with E-state index < -0.39 is 0 Å². The summed E-state index contributed by atoms with van der Waals surface area (Å²) in [6.07, 6.45) is 0.642. The Morgan fingerprint density at radius 3 is 2.85 bits per heavy atom. The van der Waals surface area contributed by atoms with Gasteiger partial charge in [0.25, 0.3) is 0 Å². The lowest BCUT2D eigenvalue weighted by atomic mass is 10.2. The highest BCUT2D eigenvalue weighted by atomic mass is 16.5. The highest BCUT2D eigenvalue weighted by Crippen LogP contribution is 2.18. The van der Waals surface area contributed by atoms with Gasteiger partial charge in [-0.15, -0.1) is 0 Å². The van der Waals surface area contributed by atoms with E-state index in [-0.39, 0.29) is 12.2 Å². The first kappa shape index (κ1) is 12.5. The Morgan fingerprint density at radius 2 is 2.00 bits per heavy atom. The van der Waals surface area contributed by atoms with E-state index in [2.05, 4.69) is 15.1 Å². The van der Waals surface area contributed by atoms with Crippen molar-refractivity contribution in [3.05, 3.63) is 42.3 Å². The number of benzene rings is 1. The average molecular weight is 267 g/mol. The minimum Gasteiger partial charge on any atom is -0.338 e. The van der Waals surface area contributed by atoms with E-state index in [1.54, 1.807) is 0 Å². The van der Waals surface area contributed by atoms with E-state index in [4.69, 9.17) is 4.52 Å². The van der Waals surface area contributed by atoms with Gasteiger partial charge in [0.15, 0.2) is 0 Å². The van der Waals surface area contributed by atoms with Crippen LogP contribution in [-0.4, -0.2) is 20.9 Å². The topological polar surface area (TPSA) is 68.9 Å². The number of Topliss-reactive ketones (excluding diaryl/α,β-unsaturated/α-hetero) is 1. The molecular formula is C15H13N3O2. The largest absolute Gasteiger partial charge is 0.338 e. The molecule has 1 aromatic carbocycles. The second kappa shape index (κ2) is 5.21. The summed E-state index contributed by atoms with van der Waals surface area (Å²) in [5, 5.41) is 4.94. The number of hydrogen-bond acceptors (Lipinski definition) is 5. The SMILES string of the molecule is CCC(=O)Cc1nc(-c2ccc3ccccc3n2)no1. The fraction of sp³-hybridized carbons (Fsp3) is 0.200. The van der Waals surface area contributed by atoms with Crippen LogP contribution in [-0.2, 0) is 11.2 Å². The molecule has 5 nitrogen and oxygen atoms in total. The van der Waals surface area contributed by atoms with Crippen LogP contribution < -0.4 is 0 Å². The molecule has 3 rings (SSSR count). The van der Waals surface area contributed by atoms with Gasteiger partial charge >= 0.3 is 0 Å². The van der Waals surface area contributed by atoms with Crippen molar-refractivity contribution in [2.75, 3.05) is 0 Å². The van der Waals surface area contributed by atoms with Crippen LogP contribution in [0, 0.1) is 0 Å². The number of ketones is 1. The Balaban J connectivity index is 1.92. The van der Waals surface area contributed by atoms with E-state index >= 15 is 0 Å². The van der Waals surface area contributed by atoms with Crippen molar-refractivity contribution in [1.82, 2.24) is 15.1 Å². The number of fused-ring (bicyclic) bond motifs is 1. The lowest BCUT2D eigenvalue weighted by Crippen LogP contribution is -2.00. The van der Waals surface area contributed by atoms with Gasteiger partial charge in [-0.3, -0.25) is 4.79 Å². The summed E-state index contributed by atoms with van der Waals surface area (Å²) in [5.41, 5.74) is 1.52. The Kier molecular flexibility index (Phi) is 3.25. The van der Waals surface area contributed by atoms with Gasteiger partial charge in [-0.05, 0) is 12.1 Å². The van der Waals surface area contributed by atoms with E-state index in [1.165, 1.54) is 0 Å². The van der Waals surface area contributed by atoms with Crippen LogP contribution in [0.3, 0.4) is 0 Å². The first-order valence-corrected chi connectivity index (χ1v) is 6.46. The summed E-state index contributed by atoms with van der Waals surface area (Å²) in [7, 11) is 0. The van der Waals surface area contributed by atoms with Crippen LogP contribution in [0.4, 0.5) is 0 Å². The predicted octanol–water partition coefficient (Wildman–Crippen LogP) is 2.81. The van der Waals surface area contributed by atoms with Gasteiger partial charge in [0.2, 0.25) is 11.7 Å². The molecule has 3 aromatic rings. The van der Waals surface area contributed by atoms with E-state index in [0.717, 1.165) is 10.9 Å². The van der Waals surface area contributed by atoms with Crippen LogP contribution in [0.1, 0.15) is 19.2 Å². The number of carbonyl (C=O) groups is 1. The molecule has 0 aliphatic heterocycles. The maximum atomic E-state index is 11.4. The molecule has 0 aliphatic rings. The van der Waals surface area contributed by atoms with Gasteiger partial charge < -0.3 is 4.52 Å². The zero-order valence-corrected chi connectivity index (χ0v) is 11.0. The molecule has 0 radical (unpaired) electrons. The summed E-state index contributed by atoms with van der Waals surface area (Å²) >= 11 is 0. The Bertz CT molecular complexity index is 764. The van der Waals surface area contributed by atoms with Crippen molar-refractivity contribution >= 4 is 16.7 Å². The number of hydrogen-bond donors (Lipinski definition) is 0. The summed E-state index contributed by atoms with van der Waals surface area (Å²) in [6, 6.07) is 11.6. The smallest absolute Gasteiger partial charge is 0.234 e. The molecule has 0 amide bonds. The zero-order chi connectivity index (χ0) is 13.9. The van der Waals surface area contributed by atoms with Gasteiger partial charge in [0.1, 0.15) is 11.5 Å². The summed E-state index contributed by atoms with van der Waals surface area (Å²) < 4.78 is 5.08. The molecule has 0 aliphatic carbocycles. The number of carbonyl (C=O) groups excluding carboxylic acids is 1. The first-order valence-electron chi connectivity index (χ1n) is 6.46. The van der Waals surface area contributed by atoms with Crippen LogP contribution in [0.15, 0.2) is 40.9 Å². The molecule has 20 heavy (non-hydrogen) atoms. The minimum absolute atomic E-state index is 0.0756. The molecular weight excluding hydrogens is 254 g/mol. The quantitative estimate of drug-likeness (QED) is 0.727. The molecule has 0 spiro atoms. The van der Waals surface area contributed by atoms with E-state index in [1.807, 2.05) is 43.3 Å². The van der Waals surface area contributed by atoms with Crippen LogP contribution >= 0.6 is 0 Å². The Hall–Kier alpha value is -2.56. The molecule has 100 valence electrons. The van der Waals surface area contributed by atoms with Crippen LogP contribution in [0.2, 0.25) is 0 Å². The van der Waals surface area contributed by atoms with E-state index in [0.29, 0.717) is 23.8 Å². The fourth-order valence-electron chi connectivity index (χ4n) is 1.91.